The molecule has 2 aromatic heterocycles. The van der Waals surface area contributed by atoms with Gasteiger partial charge in [-0.15, -0.1) is 0 Å². The van der Waals surface area contributed by atoms with Crippen LogP contribution >= 0.6 is 0 Å². The number of alkyl halides is 3. The lowest BCUT2D eigenvalue weighted by Crippen LogP contribution is -2.63. The van der Waals surface area contributed by atoms with Crippen LogP contribution < -0.4 is 21.1 Å². The minimum Gasteiger partial charge on any atom is -0.472 e. The van der Waals surface area contributed by atoms with Crippen molar-refractivity contribution in [2.45, 2.75) is 77.1 Å². The SMILES string of the molecule is CCn1ccc(CNc2c(F)c(-c3cc(N)c(F)c(C)c3C(F)(F)F)nc3c2C(=O)N2C[C@H]4CC[C@H](N4)[C@H]2[C@H](C)O3)n1. The number of rotatable bonds is 5. The maximum atomic E-state index is 16.6. The fourth-order valence-electron chi connectivity index (χ4n) is 6.42. The molecule has 3 aliphatic rings. The molecule has 9 nitrogen and oxygen atoms in total. The number of aryl methyl sites for hydroxylation is 1. The second-order valence-electron chi connectivity index (χ2n) is 11.0. The van der Waals surface area contributed by atoms with Gasteiger partial charge in [-0.05, 0) is 51.3 Å². The van der Waals surface area contributed by atoms with Crippen molar-refractivity contribution in [1.82, 2.24) is 25.0 Å². The van der Waals surface area contributed by atoms with E-state index in [2.05, 4.69) is 20.7 Å². The largest absolute Gasteiger partial charge is 0.472 e. The number of nitrogens with two attached hydrogens (primary N) is 1. The van der Waals surface area contributed by atoms with E-state index in [9.17, 15) is 22.4 Å². The Morgan fingerprint density at radius 3 is 2.69 bits per heavy atom. The first-order valence-corrected chi connectivity index (χ1v) is 13.8. The van der Waals surface area contributed by atoms with Crippen LogP contribution in [0.3, 0.4) is 0 Å². The molecule has 3 aliphatic heterocycles. The van der Waals surface area contributed by atoms with Gasteiger partial charge in [-0.2, -0.15) is 18.3 Å². The number of ether oxygens (including phenoxy) is 1. The van der Waals surface area contributed by atoms with Gasteiger partial charge in [0, 0.05) is 36.9 Å². The van der Waals surface area contributed by atoms with Crippen LogP contribution in [0.1, 0.15) is 53.9 Å². The van der Waals surface area contributed by atoms with E-state index in [1.165, 1.54) is 0 Å². The highest BCUT2D eigenvalue weighted by Crippen LogP contribution is 2.46. The minimum atomic E-state index is -5.06. The third-order valence-corrected chi connectivity index (χ3v) is 8.35. The molecule has 0 saturated carbocycles. The predicted octanol–water partition coefficient (Wildman–Crippen LogP) is 4.49. The molecular weight excluding hydrogens is 561 g/mol. The highest BCUT2D eigenvalue weighted by molar-refractivity contribution is 6.03. The summed E-state index contributed by atoms with van der Waals surface area (Å²) in [7, 11) is 0. The van der Waals surface area contributed by atoms with Gasteiger partial charge >= 0.3 is 6.18 Å². The van der Waals surface area contributed by atoms with Gasteiger partial charge in [0.1, 0.15) is 23.2 Å². The lowest BCUT2D eigenvalue weighted by molar-refractivity contribution is -0.137. The number of fused-ring (bicyclic) bond motifs is 5. The molecule has 42 heavy (non-hydrogen) atoms. The number of nitrogen functional groups attached to an aromatic ring is 1. The van der Waals surface area contributed by atoms with Crippen molar-refractivity contribution < 1.29 is 31.5 Å². The zero-order valence-corrected chi connectivity index (χ0v) is 23.1. The van der Waals surface area contributed by atoms with Crippen molar-refractivity contribution >= 4 is 17.3 Å². The highest BCUT2D eigenvalue weighted by Gasteiger charge is 2.49. The minimum absolute atomic E-state index is 0.0460. The zero-order chi connectivity index (χ0) is 30.1. The second-order valence-corrected chi connectivity index (χ2v) is 11.0. The quantitative estimate of drug-likeness (QED) is 0.296. The first kappa shape index (κ1) is 28.2. The van der Waals surface area contributed by atoms with Crippen LogP contribution in [0.15, 0.2) is 18.3 Å². The molecule has 14 heteroatoms. The third kappa shape index (κ3) is 4.52. The number of nitrogens with zero attached hydrogens (tertiary/aromatic N) is 4. The molecule has 4 atom stereocenters. The Morgan fingerprint density at radius 1 is 1.24 bits per heavy atom. The van der Waals surface area contributed by atoms with Crippen molar-refractivity contribution in [2.24, 2.45) is 0 Å². The normalized spacial score (nSPS) is 23.3. The summed E-state index contributed by atoms with van der Waals surface area (Å²) in [5, 5.41) is 10.7. The highest BCUT2D eigenvalue weighted by atomic mass is 19.4. The standard InChI is InChI=1S/C28H30F5N7O2/c1-4-39-8-7-14(38-39)10-35-24-19-26(42-13(3)25-18-6-5-15(36-18)11-40(25)27(19)41)37-23(22(24)30)16-9-17(34)21(29)12(2)20(16)28(31,32)33/h7-9,13,15,18,25,36H,4-6,10-11,34H2,1-3H3,(H,35,37)/t13-,15+,18-,25+/m0/s1. The van der Waals surface area contributed by atoms with Gasteiger partial charge in [0.05, 0.1) is 35.2 Å². The molecule has 224 valence electrons. The van der Waals surface area contributed by atoms with Gasteiger partial charge in [-0.3, -0.25) is 9.48 Å². The van der Waals surface area contributed by atoms with Crippen molar-refractivity contribution in [3.05, 3.63) is 52.3 Å². The average Bonchev–Trinajstić information content (AvgIpc) is 3.53. The number of hydrogen-bond acceptors (Lipinski definition) is 7. The summed E-state index contributed by atoms with van der Waals surface area (Å²) >= 11 is 0. The Kier molecular flexibility index (Phi) is 6.78. The first-order chi connectivity index (χ1) is 19.9. The van der Waals surface area contributed by atoms with Crippen molar-refractivity contribution in [3.8, 4) is 17.1 Å². The van der Waals surface area contributed by atoms with Gasteiger partial charge in [-0.25, -0.2) is 13.8 Å². The topological polar surface area (TPSA) is 110 Å². The Balaban J connectivity index is 1.56. The Labute approximate surface area is 238 Å². The monoisotopic (exact) mass is 591 g/mol. The number of anilines is 2. The van der Waals surface area contributed by atoms with Crippen molar-refractivity contribution in [3.63, 3.8) is 0 Å². The molecule has 0 unspecified atom stereocenters. The second kappa shape index (κ2) is 10.1. The van der Waals surface area contributed by atoms with Gasteiger partial charge < -0.3 is 26.0 Å². The van der Waals surface area contributed by atoms with Crippen LogP contribution in [0, 0.1) is 18.6 Å². The fourth-order valence-corrected chi connectivity index (χ4v) is 6.42. The molecule has 0 spiro atoms. The molecule has 4 N–H and O–H groups in total. The number of nitrogens with one attached hydrogen (secondary N) is 2. The summed E-state index contributed by atoms with van der Waals surface area (Å²) in [4.78, 5) is 19.9. The molecule has 2 saturated heterocycles. The van der Waals surface area contributed by atoms with Gasteiger partial charge in [0.15, 0.2) is 5.82 Å². The summed E-state index contributed by atoms with van der Waals surface area (Å²) in [5.74, 6) is -3.33. The average molecular weight is 592 g/mol. The maximum absolute atomic E-state index is 16.6. The lowest BCUT2D eigenvalue weighted by Gasteiger charge is -2.41. The Bertz CT molecular complexity index is 1570. The first-order valence-electron chi connectivity index (χ1n) is 13.8. The van der Waals surface area contributed by atoms with E-state index in [4.69, 9.17) is 10.5 Å². The summed E-state index contributed by atoms with van der Waals surface area (Å²) in [5.41, 5.74) is 1.29. The number of halogens is 5. The number of carbonyl (C=O) groups excluding carboxylic acids is 1. The van der Waals surface area contributed by atoms with E-state index in [1.807, 2.05) is 6.92 Å². The lowest BCUT2D eigenvalue weighted by atomic mass is 9.95. The molecule has 1 aromatic carbocycles. The molecule has 0 aliphatic carbocycles. The molecule has 2 fully saturated rings. The van der Waals surface area contributed by atoms with E-state index in [0.717, 1.165) is 19.8 Å². The molecule has 1 amide bonds. The molecule has 2 bridgehead atoms. The Morgan fingerprint density at radius 2 is 2.00 bits per heavy atom. The number of benzene rings is 1. The zero-order valence-electron chi connectivity index (χ0n) is 23.1. The van der Waals surface area contributed by atoms with Crippen LogP contribution in [0.5, 0.6) is 5.88 Å². The van der Waals surface area contributed by atoms with Gasteiger partial charge in [0.2, 0.25) is 5.88 Å². The van der Waals surface area contributed by atoms with E-state index in [0.29, 0.717) is 24.8 Å². The number of pyridine rings is 1. The molecule has 6 rings (SSSR count). The summed E-state index contributed by atoms with van der Waals surface area (Å²) < 4.78 is 81.8. The van der Waals surface area contributed by atoms with Crippen LogP contribution in [0.25, 0.3) is 11.3 Å². The summed E-state index contributed by atoms with van der Waals surface area (Å²) in [6, 6.07) is 2.01. The van der Waals surface area contributed by atoms with Gasteiger partial charge in [-0.1, -0.05) is 0 Å². The van der Waals surface area contributed by atoms with Crippen LogP contribution in [-0.4, -0.2) is 56.3 Å². The van der Waals surface area contributed by atoms with E-state index in [-0.39, 0.29) is 35.8 Å². The number of aromatic nitrogens is 3. The van der Waals surface area contributed by atoms with E-state index in [1.54, 1.807) is 28.8 Å². The number of carbonyl (C=O) groups is 1. The van der Waals surface area contributed by atoms with Crippen LogP contribution in [0.2, 0.25) is 0 Å². The fraction of sp³-hybridized carbons (Fsp3) is 0.464. The number of amides is 1. The van der Waals surface area contributed by atoms with Crippen LogP contribution in [0.4, 0.5) is 33.3 Å². The Hall–Kier alpha value is -3.94. The van der Waals surface area contributed by atoms with Crippen LogP contribution in [-0.2, 0) is 19.3 Å². The molecular formula is C28H30F5N7O2. The van der Waals surface area contributed by atoms with Crippen molar-refractivity contribution in [1.29, 1.82) is 0 Å². The molecule has 5 heterocycles. The van der Waals surface area contributed by atoms with Crippen molar-refractivity contribution in [2.75, 3.05) is 17.6 Å². The maximum Gasteiger partial charge on any atom is 0.417 e. The number of piperazine rings is 1. The third-order valence-electron chi connectivity index (χ3n) is 8.35. The van der Waals surface area contributed by atoms with E-state index >= 15 is 4.39 Å². The smallest absolute Gasteiger partial charge is 0.417 e. The predicted molar refractivity (Wildman–Crippen MR) is 144 cm³/mol. The summed E-state index contributed by atoms with van der Waals surface area (Å²) in [6.45, 7) is 5.47. The summed E-state index contributed by atoms with van der Waals surface area (Å²) in [6.07, 6.45) is -2.28. The van der Waals surface area contributed by atoms with Gasteiger partial charge in [0.25, 0.3) is 5.91 Å². The molecule has 3 aromatic rings. The molecule has 0 radical (unpaired) electrons. The number of hydrogen-bond donors (Lipinski definition) is 3. The van der Waals surface area contributed by atoms with E-state index < -0.39 is 63.9 Å².